The number of nitrogens with zero attached hydrogens (tertiary/aromatic N) is 1. The molecule has 0 N–H and O–H groups in total. The molecule has 56 valence electrons. The maximum Gasteiger partial charge on any atom is 0.119 e. The molecule has 0 aliphatic heterocycles. The molecule has 0 amide bonds. The summed E-state index contributed by atoms with van der Waals surface area (Å²) in [5.74, 6) is 0. The summed E-state index contributed by atoms with van der Waals surface area (Å²) in [5, 5.41) is 0. The third-order valence-corrected chi connectivity index (χ3v) is 0.548. The van der Waals surface area contributed by atoms with Gasteiger partial charge in [-0.15, -0.1) is 0 Å². The standard InChI is InChI=1S/C7H18NO/c1-7(2,3)9-8(4,5)6/h1-6H3/q+1. The minimum atomic E-state index is -0.0434. The second-order valence-corrected chi connectivity index (χ2v) is 4.09. The lowest BCUT2D eigenvalue weighted by Crippen LogP contribution is -2.41. The quantitative estimate of drug-likeness (QED) is 0.387. The summed E-state index contributed by atoms with van der Waals surface area (Å²) in [4.78, 5) is 5.56. The van der Waals surface area contributed by atoms with Crippen LogP contribution in [0.1, 0.15) is 20.8 Å². The summed E-state index contributed by atoms with van der Waals surface area (Å²) in [6, 6.07) is 0. The SMILES string of the molecule is CC(C)(C)O[N+](C)(C)C. The van der Waals surface area contributed by atoms with E-state index in [1.807, 2.05) is 21.1 Å². The van der Waals surface area contributed by atoms with Gasteiger partial charge in [-0.25, -0.2) is 0 Å². The van der Waals surface area contributed by atoms with Crippen LogP contribution in [0.25, 0.3) is 0 Å². The van der Waals surface area contributed by atoms with E-state index < -0.39 is 0 Å². The van der Waals surface area contributed by atoms with Crippen molar-refractivity contribution in [1.29, 1.82) is 0 Å². The molecule has 2 nitrogen and oxygen atoms in total. The molecule has 0 aliphatic rings. The van der Waals surface area contributed by atoms with Gasteiger partial charge in [0.15, 0.2) is 0 Å². The van der Waals surface area contributed by atoms with E-state index in [4.69, 9.17) is 4.84 Å². The largest absolute Gasteiger partial charge is 0.198 e. The first-order chi connectivity index (χ1) is 3.71. The van der Waals surface area contributed by atoms with Crippen molar-refractivity contribution in [3.8, 4) is 0 Å². The molecule has 0 heterocycles. The number of hydrogen-bond acceptors (Lipinski definition) is 1. The number of rotatable bonds is 1. The van der Waals surface area contributed by atoms with E-state index in [-0.39, 0.29) is 5.60 Å². The third-order valence-electron chi connectivity index (χ3n) is 0.548. The normalized spacial score (nSPS) is 14.0. The molecule has 0 unspecified atom stereocenters. The van der Waals surface area contributed by atoms with Gasteiger partial charge in [0, 0.05) is 0 Å². The van der Waals surface area contributed by atoms with Crippen molar-refractivity contribution in [2.45, 2.75) is 26.4 Å². The third kappa shape index (κ3) is 7.92. The lowest BCUT2D eigenvalue weighted by atomic mass is 10.2. The lowest BCUT2D eigenvalue weighted by molar-refractivity contribution is -1.07. The topological polar surface area (TPSA) is 9.23 Å². The monoisotopic (exact) mass is 132 g/mol. The van der Waals surface area contributed by atoms with Gasteiger partial charge in [-0.05, 0) is 20.8 Å². The first-order valence-corrected chi connectivity index (χ1v) is 3.23. The molecule has 0 atom stereocenters. The summed E-state index contributed by atoms with van der Waals surface area (Å²) in [6.07, 6.45) is 0. The fraction of sp³-hybridized carbons (Fsp3) is 1.00. The Morgan fingerprint density at radius 1 is 1.00 bits per heavy atom. The van der Waals surface area contributed by atoms with Crippen molar-refractivity contribution >= 4 is 0 Å². The molecule has 0 aromatic carbocycles. The Morgan fingerprint density at radius 2 is 1.33 bits per heavy atom. The van der Waals surface area contributed by atoms with Crippen molar-refractivity contribution in [2.24, 2.45) is 0 Å². The molecule has 2 heteroatoms. The molecule has 0 rings (SSSR count). The molecule has 0 spiro atoms. The van der Waals surface area contributed by atoms with E-state index in [0.29, 0.717) is 4.65 Å². The van der Waals surface area contributed by atoms with Gasteiger partial charge in [-0.3, -0.25) is 0 Å². The van der Waals surface area contributed by atoms with Crippen molar-refractivity contribution in [3.05, 3.63) is 0 Å². The Morgan fingerprint density at radius 3 is 1.33 bits per heavy atom. The van der Waals surface area contributed by atoms with Crippen LogP contribution in [0.4, 0.5) is 0 Å². The number of hydroxylamine groups is 3. The zero-order chi connectivity index (χ0) is 7.71. The number of hydrogen-bond donors (Lipinski definition) is 0. The lowest BCUT2D eigenvalue weighted by Gasteiger charge is -2.29. The van der Waals surface area contributed by atoms with Crippen LogP contribution in [-0.4, -0.2) is 31.4 Å². The van der Waals surface area contributed by atoms with E-state index in [2.05, 4.69) is 20.8 Å². The maximum atomic E-state index is 5.56. The molecular formula is C7H18NO+. The molecular weight excluding hydrogens is 114 g/mol. The minimum Gasteiger partial charge on any atom is -0.198 e. The van der Waals surface area contributed by atoms with Crippen molar-refractivity contribution < 1.29 is 9.48 Å². The fourth-order valence-corrected chi connectivity index (χ4v) is 0.822. The van der Waals surface area contributed by atoms with Gasteiger partial charge in [0.1, 0.15) is 5.60 Å². The van der Waals surface area contributed by atoms with Crippen LogP contribution in [0, 0.1) is 0 Å². The predicted octanol–water partition coefficient (Wildman–Crippen LogP) is 1.42. The minimum absolute atomic E-state index is 0.0434. The Hall–Kier alpha value is -0.0800. The molecule has 9 heavy (non-hydrogen) atoms. The second kappa shape index (κ2) is 2.27. The van der Waals surface area contributed by atoms with Crippen LogP contribution >= 0.6 is 0 Å². The van der Waals surface area contributed by atoms with Gasteiger partial charge in [-0.1, -0.05) is 0 Å². The van der Waals surface area contributed by atoms with Crippen LogP contribution in [0.2, 0.25) is 0 Å². The Labute approximate surface area is 58.0 Å². The zero-order valence-electron chi connectivity index (χ0n) is 7.36. The smallest absolute Gasteiger partial charge is 0.119 e. The predicted molar refractivity (Wildman–Crippen MR) is 38.9 cm³/mol. The highest BCUT2D eigenvalue weighted by atomic mass is 16.7. The molecule has 0 saturated heterocycles. The van der Waals surface area contributed by atoms with Crippen molar-refractivity contribution in [3.63, 3.8) is 0 Å². The van der Waals surface area contributed by atoms with Crippen LogP contribution in [0.3, 0.4) is 0 Å². The van der Waals surface area contributed by atoms with Gasteiger partial charge in [0.2, 0.25) is 0 Å². The van der Waals surface area contributed by atoms with E-state index >= 15 is 0 Å². The summed E-state index contributed by atoms with van der Waals surface area (Å²) in [7, 11) is 6.02. The van der Waals surface area contributed by atoms with E-state index in [9.17, 15) is 0 Å². The molecule has 0 radical (unpaired) electrons. The van der Waals surface area contributed by atoms with Crippen LogP contribution in [0.15, 0.2) is 0 Å². The first kappa shape index (κ1) is 8.92. The van der Waals surface area contributed by atoms with Gasteiger partial charge >= 0.3 is 0 Å². The maximum absolute atomic E-state index is 5.56. The molecule has 0 bridgehead atoms. The van der Waals surface area contributed by atoms with Crippen molar-refractivity contribution in [1.82, 2.24) is 0 Å². The van der Waals surface area contributed by atoms with Crippen LogP contribution in [0.5, 0.6) is 0 Å². The van der Waals surface area contributed by atoms with Gasteiger partial charge in [0.25, 0.3) is 0 Å². The van der Waals surface area contributed by atoms with Crippen LogP contribution in [-0.2, 0) is 4.84 Å². The summed E-state index contributed by atoms with van der Waals surface area (Å²) in [6.45, 7) is 6.16. The highest BCUT2D eigenvalue weighted by Gasteiger charge is 2.21. The summed E-state index contributed by atoms with van der Waals surface area (Å²) in [5.41, 5.74) is -0.0434. The second-order valence-electron chi connectivity index (χ2n) is 4.09. The highest BCUT2D eigenvalue weighted by Crippen LogP contribution is 2.11. The summed E-state index contributed by atoms with van der Waals surface area (Å²) >= 11 is 0. The Bertz CT molecular complexity index is 74.1. The van der Waals surface area contributed by atoms with Crippen molar-refractivity contribution in [2.75, 3.05) is 21.1 Å². The molecule has 0 aliphatic carbocycles. The van der Waals surface area contributed by atoms with Gasteiger partial charge in [-0.2, -0.15) is 9.48 Å². The van der Waals surface area contributed by atoms with Gasteiger partial charge in [0.05, 0.1) is 21.1 Å². The van der Waals surface area contributed by atoms with E-state index in [1.54, 1.807) is 0 Å². The van der Waals surface area contributed by atoms with Crippen LogP contribution < -0.4 is 0 Å². The summed E-state index contributed by atoms with van der Waals surface area (Å²) < 4.78 is 0.559. The van der Waals surface area contributed by atoms with E-state index in [0.717, 1.165) is 0 Å². The first-order valence-electron chi connectivity index (χ1n) is 3.23. The van der Waals surface area contributed by atoms with E-state index in [1.165, 1.54) is 0 Å². The zero-order valence-corrected chi connectivity index (χ0v) is 7.36. The highest BCUT2D eigenvalue weighted by molar-refractivity contribution is 4.54. The molecule has 0 fully saturated rings. The molecule has 0 aromatic rings. The Balaban J connectivity index is 3.75. The fourth-order valence-electron chi connectivity index (χ4n) is 0.822. The average Bonchev–Trinajstić information content (AvgIpc) is 1.14. The average molecular weight is 132 g/mol. The molecule has 0 aromatic heterocycles. The molecule has 0 saturated carbocycles. The number of quaternary nitrogens is 1. The van der Waals surface area contributed by atoms with Gasteiger partial charge < -0.3 is 0 Å². The Kier molecular flexibility index (Phi) is 2.25.